The first kappa shape index (κ1) is 23.2. The zero-order valence-electron chi connectivity index (χ0n) is 20.4. The molecule has 1 aliphatic heterocycles. The summed E-state index contributed by atoms with van der Waals surface area (Å²) >= 11 is 0. The molecular formula is C29H25N7O2. The van der Waals surface area contributed by atoms with Crippen LogP contribution in [0.25, 0.3) is 21.9 Å². The smallest absolute Gasteiger partial charge is 0.322 e. The van der Waals surface area contributed by atoms with Gasteiger partial charge >= 0.3 is 6.03 Å². The van der Waals surface area contributed by atoms with Crippen LogP contribution < -0.4 is 16.0 Å². The second-order valence-corrected chi connectivity index (χ2v) is 9.11. The number of pyridine rings is 1. The standard InChI is InChI=1S/C29H25N7O2/c37-25-12-13-36(18-25)29(38)34-24-6-3-5-23(15-24)32-27-14-20-4-1-2-7-26(20)28(35-27)33-22-10-8-19(9-11-22)21-16-30-31-17-21/h1-11,14-17H,12-13,18H2,(H,30,31)(H,34,38)(H2,32,33,35). The molecule has 9 nitrogen and oxygen atoms in total. The monoisotopic (exact) mass is 503 g/mol. The molecule has 9 heteroatoms. The molecular weight excluding hydrogens is 478 g/mol. The summed E-state index contributed by atoms with van der Waals surface area (Å²) in [6.07, 6.45) is 4.06. The molecule has 6 rings (SSSR count). The number of likely N-dealkylation sites (tertiary alicyclic amines) is 1. The molecule has 0 atom stereocenters. The van der Waals surface area contributed by atoms with E-state index >= 15 is 0 Å². The first-order valence-corrected chi connectivity index (χ1v) is 12.3. The van der Waals surface area contributed by atoms with Crippen molar-refractivity contribution >= 4 is 51.3 Å². The Labute approximate surface area is 218 Å². The van der Waals surface area contributed by atoms with Gasteiger partial charge in [-0.15, -0.1) is 0 Å². The van der Waals surface area contributed by atoms with E-state index in [2.05, 4.69) is 26.1 Å². The van der Waals surface area contributed by atoms with Crippen LogP contribution in [0, 0.1) is 0 Å². The quantitative estimate of drug-likeness (QED) is 0.229. The Morgan fingerprint density at radius 3 is 2.50 bits per heavy atom. The van der Waals surface area contributed by atoms with E-state index in [1.165, 1.54) is 4.90 Å². The summed E-state index contributed by atoms with van der Waals surface area (Å²) < 4.78 is 0. The normalized spacial score (nSPS) is 13.1. The number of urea groups is 1. The van der Waals surface area contributed by atoms with E-state index in [4.69, 9.17) is 4.98 Å². The summed E-state index contributed by atoms with van der Waals surface area (Å²) in [5.41, 5.74) is 4.42. The number of aromatic amines is 1. The summed E-state index contributed by atoms with van der Waals surface area (Å²) in [5, 5.41) is 18.6. The lowest BCUT2D eigenvalue weighted by Gasteiger charge is -2.16. The number of H-pyrrole nitrogens is 1. The Morgan fingerprint density at radius 1 is 0.868 bits per heavy atom. The van der Waals surface area contributed by atoms with Crippen LogP contribution in [0.2, 0.25) is 0 Å². The highest BCUT2D eigenvalue weighted by molar-refractivity contribution is 5.97. The van der Waals surface area contributed by atoms with E-state index in [-0.39, 0.29) is 18.4 Å². The fraction of sp³-hybridized carbons (Fsp3) is 0.103. The average Bonchev–Trinajstić information content (AvgIpc) is 3.62. The maximum Gasteiger partial charge on any atom is 0.322 e. The van der Waals surface area contributed by atoms with Gasteiger partial charge < -0.3 is 20.9 Å². The van der Waals surface area contributed by atoms with Gasteiger partial charge in [-0.2, -0.15) is 5.10 Å². The van der Waals surface area contributed by atoms with E-state index < -0.39 is 0 Å². The van der Waals surface area contributed by atoms with Gasteiger partial charge in [0.25, 0.3) is 0 Å². The van der Waals surface area contributed by atoms with Crippen LogP contribution in [-0.4, -0.2) is 45.0 Å². The van der Waals surface area contributed by atoms with Crippen molar-refractivity contribution in [3.8, 4) is 11.1 Å². The number of Topliss-reactive ketones (excluding diaryl/α,β-unsaturated/α-hetero) is 1. The van der Waals surface area contributed by atoms with Gasteiger partial charge in [0.1, 0.15) is 11.6 Å². The van der Waals surface area contributed by atoms with Crippen molar-refractivity contribution in [1.82, 2.24) is 20.1 Å². The molecule has 188 valence electrons. The third-order valence-corrected chi connectivity index (χ3v) is 6.42. The first-order chi connectivity index (χ1) is 18.6. The van der Waals surface area contributed by atoms with Gasteiger partial charge in [0.2, 0.25) is 0 Å². The van der Waals surface area contributed by atoms with Crippen molar-refractivity contribution in [2.75, 3.05) is 29.0 Å². The topological polar surface area (TPSA) is 115 Å². The lowest BCUT2D eigenvalue weighted by atomic mass is 10.1. The molecule has 0 unspecified atom stereocenters. The maximum absolute atomic E-state index is 12.5. The van der Waals surface area contributed by atoms with Crippen LogP contribution in [0.3, 0.4) is 0 Å². The molecule has 3 aromatic carbocycles. The number of fused-ring (bicyclic) bond motifs is 1. The maximum atomic E-state index is 12.5. The number of anilines is 5. The molecule has 0 bridgehead atoms. The molecule has 0 radical (unpaired) electrons. The SMILES string of the molecule is O=C1CCN(C(=O)Nc2cccc(Nc3cc4ccccc4c(Nc4ccc(-c5cn[nH]c5)cc4)n3)c2)C1. The highest BCUT2D eigenvalue weighted by Gasteiger charge is 2.23. The molecule has 1 aliphatic rings. The number of aromatic nitrogens is 3. The van der Waals surface area contributed by atoms with Gasteiger partial charge in [-0.05, 0) is 47.3 Å². The number of ketones is 1. The van der Waals surface area contributed by atoms with Crippen molar-refractivity contribution in [2.24, 2.45) is 0 Å². The van der Waals surface area contributed by atoms with Crippen molar-refractivity contribution in [2.45, 2.75) is 6.42 Å². The molecule has 2 aromatic heterocycles. The summed E-state index contributed by atoms with van der Waals surface area (Å²) in [6, 6.07) is 25.3. The molecule has 3 heterocycles. The molecule has 4 N–H and O–H groups in total. The zero-order chi connectivity index (χ0) is 25.9. The van der Waals surface area contributed by atoms with Gasteiger partial charge in [0.05, 0.1) is 12.7 Å². The number of hydrogen-bond donors (Lipinski definition) is 4. The number of rotatable bonds is 6. The second kappa shape index (κ2) is 10.1. The Morgan fingerprint density at radius 2 is 1.71 bits per heavy atom. The number of nitrogens with one attached hydrogen (secondary N) is 4. The third kappa shape index (κ3) is 5.03. The number of benzene rings is 3. The highest BCUT2D eigenvalue weighted by Crippen LogP contribution is 2.30. The molecule has 38 heavy (non-hydrogen) atoms. The molecule has 0 spiro atoms. The largest absolute Gasteiger partial charge is 0.340 e. The number of amides is 2. The lowest BCUT2D eigenvalue weighted by Crippen LogP contribution is -2.33. The lowest BCUT2D eigenvalue weighted by molar-refractivity contribution is -0.116. The van der Waals surface area contributed by atoms with E-state index in [0.29, 0.717) is 24.5 Å². The van der Waals surface area contributed by atoms with Crippen LogP contribution in [0.4, 0.5) is 33.5 Å². The summed E-state index contributed by atoms with van der Waals surface area (Å²) in [4.78, 5) is 30.4. The minimum Gasteiger partial charge on any atom is -0.340 e. The predicted molar refractivity (Wildman–Crippen MR) is 149 cm³/mol. The molecule has 2 amide bonds. The summed E-state index contributed by atoms with van der Waals surface area (Å²) in [5.74, 6) is 1.47. The van der Waals surface area contributed by atoms with Gasteiger partial charge in [-0.3, -0.25) is 9.89 Å². The third-order valence-electron chi connectivity index (χ3n) is 6.42. The Balaban J connectivity index is 1.23. The van der Waals surface area contributed by atoms with Gasteiger partial charge in [0.15, 0.2) is 5.78 Å². The average molecular weight is 504 g/mol. The molecule has 0 aliphatic carbocycles. The van der Waals surface area contributed by atoms with Crippen molar-refractivity contribution in [3.63, 3.8) is 0 Å². The minimum atomic E-state index is -0.276. The Kier molecular flexibility index (Phi) is 6.15. The van der Waals surface area contributed by atoms with E-state index in [1.807, 2.05) is 85.1 Å². The molecule has 1 saturated heterocycles. The zero-order valence-corrected chi connectivity index (χ0v) is 20.4. The number of nitrogens with zero attached hydrogens (tertiary/aromatic N) is 3. The predicted octanol–water partition coefficient (Wildman–Crippen LogP) is 5.92. The second-order valence-electron chi connectivity index (χ2n) is 9.11. The minimum absolute atomic E-state index is 0.0799. The Hall–Kier alpha value is -5.18. The molecule has 5 aromatic rings. The summed E-state index contributed by atoms with van der Waals surface area (Å²) in [6.45, 7) is 0.609. The highest BCUT2D eigenvalue weighted by atomic mass is 16.2. The van der Waals surface area contributed by atoms with Gasteiger partial charge in [-0.25, -0.2) is 9.78 Å². The number of carbonyl (C=O) groups excluding carboxylic acids is 2. The van der Waals surface area contributed by atoms with Crippen LogP contribution in [0.1, 0.15) is 6.42 Å². The number of hydrogen-bond acceptors (Lipinski definition) is 6. The van der Waals surface area contributed by atoms with E-state index in [1.54, 1.807) is 6.20 Å². The van der Waals surface area contributed by atoms with E-state index in [0.717, 1.165) is 39.1 Å². The van der Waals surface area contributed by atoms with Crippen molar-refractivity contribution < 1.29 is 9.59 Å². The molecule has 1 fully saturated rings. The Bertz CT molecular complexity index is 1610. The van der Waals surface area contributed by atoms with Crippen LogP contribution >= 0.6 is 0 Å². The molecule has 0 saturated carbocycles. The van der Waals surface area contributed by atoms with E-state index in [9.17, 15) is 9.59 Å². The first-order valence-electron chi connectivity index (χ1n) is 12.3. The summed E-state index contributed by atoms with van der Waals surface area (Å²) in [7, 11) is 0. The van der Waals surface area contributed by atoms with Crippen LogP contribution in [0.15, 0.2) is 91.3 Å². The van der Waals surface area contributed by atoms with Crippen molar-refractivity contribution in [3.05, 3.63) is 91.3 Å². The van der Waals surface area contributed by atoms with Crippen LogP contribution in [-0.2, 0) is 4.79 Å². The number of carbonyl (C=O) groups is 2. The van der Waals surface area contributed by atoms with Gasteiger partial charge in [-0.1, -0.05) is 42.5 Å². The van der Waals surface area contributed by atoms with Crippen molar-refractivity contribution in [1.29, 1.82) is 0 Å². The fourth-order valence-corrected chi connectivity index (χ4v) is 4.48. The van der Waals surface area contributed by atoms with Gasteiger partial charge in [0, 0.05) is 47.2 Å². The fourth-order valence-electron chi connectivity index (χ4n) is 4.48. The van der Waals surface area contributed by atoms with Crippen LogP contribution in [0.5, 0.6) is 0 Å².